The summed E-state index contributed by atoms with van der Waals surface area (Å²) in [4.78, 5) is 52.8. The highest BCUT2D eigenvalue weighted by Crippen LogP contribution is 2.32. The summed E-state index contributed by atoms with van der Waals surface area (Å²) in [7, 11) is 0. The van der Waals surface area contributed by atoms with Crippen molar-refractivity contribution in [1.29, 1.82) is 0 Å². The Labute approximate surface area is 700 Å². The number of unbranched alkanes of at least 4 members (excludes halogenated alkanes) is 20. The van der Waals surface area contributed by atoms with Crippen molar-refractivity contribution in [3.05, 3.63) is 292 Å². The number of allylic oxidation sites excluding steroid dienone is 2. The smallest absolute Gasteiger partial charge is 0.197 e. The number of ether oxygens (including phenoxy) is 2. The van der Waals surface area contributed by atoms with Gasteiger partial charge < -0.3 is 27.7 Å². The molecule has 4 aromatic heterocycles. The molecule has 10 nitrogen and oxygen atoms in total. The zero-order chi connectivity index (χ0) is 83.5. The number of rotatable bonds is 34. The maximum Gasteiger partial charge on any atom is 0.197 e. The molecule has 0 aliphatic heterocycles. The highest BCUT2D eigenvalue weighted by Gasteiger charge is 2.18. The summed E-state index contributed by atoms with van der Waals surface area (Å²) in [5.74, 6) is 1.78. The molecule has 14 aromatic rings. The van der Waals surface area contributed by atoms with Crippen LogP contribution in [0.4, 0.5) is 0 Å². The third-order valence-corrected chi connectivity index (χ3v) is 22.9. The van der Waals surface area contributed by atoms with E-state index in [1.807, 2.05) is 150 Å². The van der Waals surface area contributed by atoms with Crippen LogP contribution >= 0.6 is 0 Å². The molecule has 0 N–H and O–H groups in total. The van der Waals surface area contributed by atoms with E-state index in [1.54, 1.807) is 0 Å². The second-order valence-electron chi connectivity index (χ2n) is 32.7. The van der Waals surface area contributed by atoms with Crippen molar-refractivity contribution in [2.45, 2.75) is 250 Å². The molecule has 0 fully saturated rings. The van der Waals surface area contributed by atoms with Crippen molar-refractivity contribution in [3.63, 3.8) is 0 Å². The van der Waals surface area contributed by atoms with E-state index in [2.05, 4.69) is 170 Å². The molecule has 0 saturated carbocycles. The van der Waals surface area contributed by atoms with Crippen molar-refractivity contribution >= 4 is 99.4 Å². The van der Waals surface area contributed by atoms with Gasteiger partial charge in [-0.25, -0.2) is 0 Å². The SMILES string of the molecule is CC=Cc1ccc2c(c1)c(=O)c1cc(C)ccc1n2-c1ccc(OCCCCCCCC)cc1.CC=Cc1ccc2c(c1)c(=O)c1cc(C)ccc1n2CCCCCCCC.CCCCCCCCOc1ccc(-n2c3ccc(C)cc3c(=O)c3cc(C)ccc32)cc1.CCCCCCCCn1c2ccc(C)cc2c(=O)c2cc(C)ccc21. The fourth-order valence-corrected chi connectivity index (χ4v) is 16.5. The number of aromatic nitrogens is 4. The molecule has 0 bridgehead atoms. The van der Waals surface area contributed by atoms with Gasteiger partial charge in [0.05, 0.1) is 57.3 Å². The first-order valence-electron chi connectivity index (χ1n) is 44.4. The quantitative estimate of drug-likeness (QED) is 0.0294. The Kier molecular flexibility index (Phi) is 32.9. The normalized spacial score (nSPS) is 11.6. The summed E-state index contributed by atoms with van der Waals surface area (Å²) in [6, 6.07) is 66.0. The van der Waals surface area contributed by atoms with Crippen molar-refractivity contribution in [3.8, 4) is 22.9 Å². The number of aryl methyl sites for hydroxylation is 8. The molecule has 616 valence electrons. The topological polar surface area (TPSA) is 106 Å². The van der Waals surface area contributed by atoms with E-state index >= 15 is 0 Å². The van der Waals surface area contributed by atoms with E-state index in [4.69, 9.17) is 9.47 Å². The Balaban J connectivity index is 0.000000155. The van der Waals surface area contributed by atoms with Crippen LogP contribution in [0.5, 0.6) is 11.5 Å². The molecule has 118 heavy (non-hydrogen) atoms. The minimum Gasteiger partial charge on any atom is -0.494 e. The fourth-order valence-electron chi connectivity index (χ4n) is 16.5. The van der Waals surface area contributed by atoms with Crippen molar-refractivity contribution in [2.75, 3.05) is 13.2 Å². The average Bonchev–Trinajstić information content (AvgIpc) is 0.758. The minimum absolute atomic E-state index is 0.0789. The predicted molar refractivity (Wildman–Crippen MR) is 508 cm³/mol. The molecule has 0 spiro atoms. The van der Waals surface area contributed by atoms with E-state index in [0.717, 1.165) is 200 Å². The predicted octanol–water partition coefficient (Wildman–Crippen LogP) is 28.7. The second kappa shape index (κ2) is 44.1. The summed E-state index contributed by atoms with van der Waals surface area (Å²) in [5, 5.41) is 6.36. The van der Waals surface area contributed by atoms with Crippen LogP contribution in [0, 0.1) is 41.5 Å². The first kappa shape index (κ1) is 88.0. The van der Waals surface area contributed by atoms with Crippen LogP contribution in [0.1, 0.15) is 240 Å². The Bertz CT molecular complexity index is 5900. The zero-order valence-electron chi connectivity index (χ0n) is 72.8. The summed E-state index contributed by atoms with van der Waals surface area (Å²) in [5.41, 5.74) is 19.3. The zero-order valence-corrected chi connectivity index (χ0v) is 72.8. The molecule has 10 heteroatoms. The van der Waals surface area contributed by atoms with Crippen LogP contribution in [-0.4, -0.2) is 31.5 Å². The Hall–Kier alpha value is -10.8. The van der Waals surface area contributed by atoms with Gasteiger partial charge in [0.2, 0.25) is 0 Å². The van der Waals surface area contributed by atoms with Gasteiger partial charge in [-0.15, -0.1) is 0 Å². The van der Waals surface area contributed by atoms with Crippen LogP contribution < -0.4 is 31.2 Å². The molecule has 10 aromatic carbocycles. The number of pyridine rings is 4. The molecule has 0 aliphatic rings. The number of hydrogen-bond acceptors (Lipinski definition) is 6. The molecule has 0 atom stereocenters. The van der Waals surface area contributed by atoms with Gasteiger partial charge in [0.25, 0.3) is 0 Å². The molecule has 14 rings (SSSR count). The lowest BCUT2D eigenvalue weighted by Crippen LogP contribution is -2.12. The standard InChI is InChI=1S/C31H35NO2.C29H33NO2.C25H31NO.C23H29NO/c1-4-6-7-8-9-10-20-34-26-16-14-25(15-17-26)32-29-18-12-23(3)21-27(29)31(33)28-22-24(11-5-2)13-19-30(28)32;1-4-5-6-7-8-9-18-32-24-14-12-23(13-15-24)30-27-16-10-21(2)19-25(27)29(31)26-20-22(3)11-17-28(26)30;1-4-6-7-8-9-10-16-26-23-14-12-19(3)17-21(23)25(27)22-18-20(11-5-2)13-15-24(22)26;1-4-5-6-7-8-9-14-24-21-12-10-17(2)15-19(21)23(25)20-16-18(3)11-13-22(20)24/h5,11-19,21-22H,4,6-10,20H2,1-3H3;10-17,19-20H,4-9,18H2,1-3H3;5,11-15,17-18H,4,6-10,16H2,1-3H3;10-13,15-16H,4-9,14H2,1-3H3. The maximum absolute atomic E-state index is 13.4. The first-order valence-corrected chi connectivity index (χ1v) is 44.4. The minimum atomic E-state index is 0.0789. The lowest BCUT2D eigenvalue weighted by molar-refractivity contribution is 0.304. The Morgan fingerprint density at radius 3 is 0.771 bits per heavy atom. The number of hydrogen-bond donors (Lipinski definition) is 0. The highest BCUT2D eigenvalue weighted by atomic mass is 16.5. The van der Waals surface area contributed by atoms with Crippen molar-refractivity contribution in [1.82, 2.24) is 18.3 Å². The number of nitrogens with zero attached hydrogens (tertiary/aromatic N) is 4. The summed E-state index contributed by atoms with van der Waals surface area (Å²) in [6.07, 6.45) is 38.5. The van der Waals surface area contributed by atoms with Gasteiger partial charge in [0, 0.05) is 67.6 Å². The third-order valence-electron chi connectivity index (χ3n) is 22.9. The van der Waals surface area contributed by atoms with Crippen LogP contribution in [0.2, 0.25) is 0 Å². The first-order chi connectivity index (χ1) is 57.5. The van der Waals surface area contributed by atoms with E-state index < -0.39 is 0 Å². The lowest BCUT2D eigenvalue weighted by atomic mass is 10.0. The molecule has 0 amide bonds. The Morgan fingerprint density at radius 2 is 0.483 bits per heavy atom. The Morgan fingerprint density at radius 1 is 0.254 bits per heavy atom. The van der Waals surface area contributed by atoms with Crippen LogP contribution in [0.25, 0.3) is 111 Å². The average molecular weight is 1580 g/mol. The number of benzene rings is 10. The molecule has 0 aliphatic carbocycles. The molecule has 0 radical (unpaired) electrons. The van der Waals surface area contributed by atoms with Gasteiger partial charge in [-0.2, -0.15) is 0 Å². The van der Waals surface area contributed by atoms with Gasteiger partial charge in [0.15, 0.2) is 21.7 Å². The van der Waals surface area contributed by atoms with E-state index in [-0.39, 0.29) is 21.7 Å². The number of fused-ring (bicyclic) bond motifs is 8. The van der Waals surface area contributed by atoms with E-state index in [9.17, 15) is 19.2 Å². The van der Waals surface area contributed by atoms with Crippen LogP contribution in [0.15, 0.2) is 225 Å². The fraction of sp³-hybridized carbons (Fsp3) is 0.370. The molecule has 0 unspecified atom stereocenters. The van der Waals surface area contributed by atoms with Crippen molar-refractivity contribution in [2.24, 2.45) is 0 Å². The molecular formula is C108H128N4O6. The van der Waals surface area contributed by atoms with Crippen molar-refractivity contribution < 1.29 is 9.47 Å². The van der Waals surface area contributed by atoms with Gasteiger partial charge >= 0.3 is 0 Å². The van der Waals surface area contributed by atoms with Gasteiger partial charge in [-0.05, 0) is 238 Å². The third kappa shape index (κ3) is 22.5. The summed E-state index contributed by atoms with van der Waals surface area (Å²) in [6.45, 7) is 28.7. The highest BCUT2D eigenvalue weighted by molar-refractivity contribution is 5.99. The van der Waals surface area contributed by atoms with Gasteiger partial charge in [-0.3, -0.25) is 19.2 Å². The maximum atomic E-state index is 13.4. The molecular weight excluding hydrogens is 1450 g/mol. The van der Waals surface area contributed by atoms with Gasteiger partial charge in [0.1, 0.15) is 11.5 Å². The molecule has 0 saturated heterocycles. The van der Waals surface area contributed by atoms with E-state index in [0.29, 0.717) is 0 Å². The second-order valence-corrected chi connectivity index (χ2v) is 32.7. The summed E-state index contributed by atoms with van der Waals surface area (Å²) < 4.78 is 21.0. The van der Waals surface area contributed by atoms with Gasteiger partial charge in [-0.1, -0.05) is 262 Å². The van der Waals surface area contributed by atoms with E-state index in [1.165, 1.54) is 135 Å². The van der Waals surface area contributed by atoms with Crippen LogP contribution in [0.3, 0.4) is 0 Å². The van der Waals surface area contributed by atoms with Crippen LogP contribution in [-0.2, 0) is 13.1 Å². The molecule has 4 heterocycles. The summed E-state index contributed by atoms with van der Waals surface area (Å²) >= 11 is 0. The largest absolute Gasteiger partial charge is 0.494 e. The lowest BCUT2D eigenvalue weighted by Gasteiger charge is -2.17. The monoisotopic (exact) mass is 1580 g/mol.